The first kappa shape index (κ1) is 24.6. The molecule has 0 aliphatic carbocycles. The van der Waals surface area contributed by atoms with E-state index in [4.69, 9.17) is 0 Å². The van der Waals surface area contributed by atoms with E-state index < -0.39 is 5.54 Å². The molecule has 3 aromatic heterocycles. The molecule has 1 N–H and O–H groups in total. The monoisotopic (exact) mass is 444 g/mol. The van der Waals surface area contributed by atoms with Crippen molar-refractivity contribution in [2.45, 2.75) is 76.7 Å². The first-order valence-electron chi connectivity index (χ1n) is 12.3. The minimum Gasteiger partial charge on any atom is -0.335 e. The highest BCUT2D eigenvalue weighted by molar-refractivity contribution is 5.78. The molecule has 0 spiro atoms. The van der Waals surface area contributed by atoms with Crippen LogP contribution in [0.15, 0.2) is 73.2 Å². The van der Waals surface area contributed by atoms with Gasteiger partial charge in [-0.25, -0.2) is 0 Å². The van der Waals surface area contributed by atoms with E-state index in [9.17, 15) is 4.79 Å². The van der Waals surface area contributed by atoms with E-state index in [0.717, 1.165) is 12.8 Å². The first-order chi connectivity index (χ1) is 16.3. The number of nitrogens with zero attached hydrogens (tertiary/aromatic N) is 3. The second-order valence-electron chi connectivity index (χ2n) is 8.52. The van der Waals surface area contributed by atoms with Gasteiger partial charge in [0, 0.05) is 25.0 Å². The normalized spacial score (nSPS) is 11.3. The number of nitrogens with one attached hydrogen (secondary N) is 1. The number of aromatic nitrogens is 3. The van der Waals surface area contributed by atoms with E-state index in [1.807, 2.05) is 54.6 Å². The molecular formula is C28H36N4O. The highest BCUT2D eigenvalue weighted by Gasteiger charge is 2.41. The van der Waals surface area contributed by atoms with Gasteiger partial charge in [0.25, 0.3) is 0 Å². The fraction of sp³-hybridized carbons (Fsp3) is 0.429. The van der Waals surface area contributed by atoms with Gasteiger partial charge in [-0.3, -0.25) is 19.7 Å². The van der Waals surface area contributed by atoms with Gasteiger partial charge in [-0.05, 0) is 42.8 Å². The molecule has 0 saturated carbocycles. The van der Waals surface area contributed by atoms with Crippen molar-refractivity contribution in [2.75, 3.05) is 0 Å². The Kier molecular flexibility index (Phi) is 10.0. The molecular weight excluding hydrogens is 408 g/mol. The summed E-state index contributed by atoms with van der Waals surface area (Å²) < 4.78 is 0. The molecule has 33 heavy (non-hydrogen) atoms. The topological polar surface area (TPSA) is 67.8 Å². The number of hydrogen-bond acceptors (Lipinski definition) is 4. The summed E-state index contributed by atoms with van der Waals surface area (Å²) in [6, 6.07) is 17.1. The molecule has 5 heteroatoms. The zero-order valence-electron chi connectivity index (χ0n) is 19.7. The summed E-state index contributed by atoms with van der Waals surface area (Å²) in [6.45, 7) is 2.25. The Morgan fingerprint density at radius 1 is 0.667 bits per heavy atom. The fourth-order valence-corrected chi connectivity index (χ4v) is 4.21. The van der Waals surface area contributed by atoms with Crippen molar-refractivity contribution in [1.82, 2.24) is 20.3 Å². The first-order valence-corrected chi connectivity index (χ1v) is 12.3. The van der Waals surface area contributed by atoms with Crippen molar-refractivity contribution < 1.29 is 4.79 Å². The van der Waals surface area contributed by atoms with E-state index in [-0.39, 0.29) is 5.91 Å². The Labute approximate surface area is 198 Å². The molecule has 0 aromatic carbocycles. The Bertz CT molecular complexity index is 835. The van der Waals surface area contributed by atoms with E-state index in [2.05, 4.69) is 27.2 Å². The van der Waals surface area contributed by atoms with Crippen LogP contribution in [0.5, 0.6) is 0 Å². The lowest BCUT2D eigenvalue weighted by Gasteiger charge is -2.33. The molecule has 1 amide bonds. The average molecular weight is 445 g/mol. The van der Waals surface area contributed by atoms with Crippen LogP contribution in [-0.2, 0) is 10.3 Å². The van der Waals surface area contributed by atoms with Crippen molar-refractivity contribution >= 4 is 5.91 Å². The van der Waals surface area contributed by atoms with Gasteiger partial charge in [0.15, 0.2) is 5.54 Å². The van der Waals surface area contributed by atoms with E-state index in [1.54, 1.807) is 18.6 Å². The molecule has 3 rings (SSSR count). The highest BCUT2D eigenvalue weighted by Crippen LogP contribution is 2.33. The maximum atomic E-state index is 13.2. The molecule has 0 fully saturated rings. The standard InChI is InChI=1S/C28H36N4O/c1-2-3-4-5-6-7-8-9-10-20-27(33)32-28(24-17-11-14-21-29-24,25-18-12-15-22-30-25)26-19-13-16-23-31-26/h11-19,21-23H,2-10,20H2,1H3,(H,32,33). The summed E-state index contributed by atoms with van der Waals surface area (Å²) in [7, 11) is 0. The molecule has 0 aliphatic rings. The van der Waals surface area contributed by atoms with Crippen LogP contribution in [0.1, 0.15) is 88.2 Å². The number of unbranched alkanes of at least 4 members (excludes halogenated alkanes) is 8. The molecule has 0 aliphatic heterocycles. The van der Waals surface area contributed by atoms with E-state index >= 15 is 0 Å². The van der Waals surface area contributed by atoms with E-state index in [0.29, 0.717) is 23.5 Å². The fourth-order valence-electron chi connectivity index (χ4n) is 4.21. The third-order valence-electron chi connectivity index (χ3n) is 5.98. The minimum absolute atomic E-state index is 0.0140. The number of carbonyl (C=O) groups is 1. The van der Waals surface area contributed by atoms with Gasteiger partial charge in [-0.15, -0.1) is 0 Å². The predicted octanol–water partition coefficient (Wildman–Crippen LogP) is 6.20. The van der Waals surface area contributed by atoms with Crippen LogP contribution in [0.3, 0.4) is 0 Å². The Hall–Kier alpha value is -3.08. The van der Waals surface area contributed by atoms with Gasteiger partial charge in [0.2, 0.25) is 5.91 Å². The second-order valence-corrected chi connectivity index (χ2v) is 8.52. The minimum atomic E-state index is -1.04. The van der Waals surface area contributed by atoms with Gasteiger partial charge in [-0.2, -0.15) is 0 Å². The zero-order chi connectivity index (χ0) is 23.2. The zero-order valence-corrected chi connectivity index (χ0v) is 19.7. The highest BCUT2D eigenvalue weighted by atomic mass is 16.1. The lowest BCUT2D eigenvalue weighted by molar-refractivity contribution is -0.122. The molecule has 0 bridgehead atoms. The largest absolute Gasteiger partial charge is 0.335 e. The third kappa shape index (κ3) is 6.95. The van der Waals surface area contributed by atoms with Gasteiger partial charge in [-0.1, -0.05) is 76.5 Å². The average Bonchev–Trinajstić information content (AvgIpc) is 2.88. The van der Waals surface area contributed by atoms with E-state index in [1.165, 1.54) is 44.9 Å². The lowest BCUT2D eigenvalue weighted by Crippen LogP contribution is -2.49. The molecule has 3 heterocycles. The summed E-state index contributed by atoms with van der Waals surface area (Å²) in [5.74, 6) is -0.0140. The predicted molar refractivity (Wildman–Crippen MR) is 133 cm³/mol. The molecule has 0 unspecified atom stereocenters. The molecule has 5 nitrogen and oxygen atoms in total. The third-order valence-corrected chi connectivity index (χ3v) is 5.98. The summed E-state index contributed by atoms with van der Waals surface area (Å²) in [5.41, 5.74) is 1.05. The number of pyridine rings is 3. The van der Waals surface area contributed by atoms with Crippen LogP contribution >= 0.6 is 0 Å². The Morgan fingerprint density at radius 3 is 1.48 bits per heavy atom. The molecule has 0 saturated heterocycles. The summed E-state index contributed by atoms with van der Waals surface area (Å²) in [5, 5.41) is 3.28. The van der Waals surface area contributed by atoms with Crippen LogP contribution in [-0.4, -0.2) is 20.9 Å². The van der Waals surface area contributed by atoms with Gasteiger partial charge in [0.1, 0.15) is 0 Å². The molecule has 3 aromatic rings. The van der Waals surface area contributed by atoms with Crippen LogP contribution < -0.4 is 5.32 Å². The summed E-state index contributed by atoms with van der Waals surface area (Å²) >= 11 is 0. The Morgan fingerprint density at radius 2 is 1.09 bits per heavy atom. The number of rotatable bonds is 14. The van der Waals surface area contributed by atoms with Crippen molar-refractivity contribution in [1.29, 1.82) is 0 Å². The van der Waals surface area contributed by atoms with Gasteiger partial charge in [0.05, 0.1) is 17.1 Å². The van der Waals surface area contributed by atoms with Gasteiger partial charge >= 0.3 is 0 Å². The SMILES string of the molecule is CCCCCCCCCCCC(=O)NC(c1ccccn1)(c1ccccn1)c1ccccn1. The van der Waals surface area contributed by atoms with Crippen molar-refractivity contribution in [2.24, 2.45) is 0 Å². The van der Waals surface area contributed by atoms with Crippen molar-refractivity contribution in [3.63, 3.8) is 0 Å². The summed E-state index contributed by atoms with van der Waals surface area (Å²) in [6.07, 6.45) is 16.7. The van der Waals surface area contributed by atoms with Crippen molar-refractivity contribution in [3.05, 3.63) is 90.3 Å². The van der Waals surface area contributed by atoms with Gasteiger partial charge < -0.3 is 5.32 Å². The number of hydrogen-bond donors (Lipinski definition) is 1. The van der Waals surface area contributed by atoms with Crippen LogP contribution in [0.2, 0.25) is 0 Å². The molecule has 0 radical (unpaired) electrons. The quantitative estimate of drug-likeness (QED) is 0.301. The summed E-state index contributed by atoms with van der Waals surface area (Å²) in [4.78, 5) is 27.0. The van der Waals surface area contributed by atoms with Crippen molar-refractivity contribution in [3.8, 4) is 0 Å². The number of carbonyl (C=O) groups excluding carboxylic acids is 1. The Balaban J connectivity index is 1.71. The van der Waals surface area contributed by atoms with Crippen LogP contribution in [0, 0.1) is 0 Å². The molecule has 0 atom stereocenters. The number of amides is 1. The lowest BCUT2D eigenvalue weighted by atomic mass is 9.85. The second kappa shape index (κ2) is 13.5. The maximum absolute atomic E-state index is 13.2. The van der Waals surface area contributed by atoms with Crippen LogP contribution in [0.25, 0.3) is 0 Å². The smallest absolute Gasteiger partial charge is 0.221 e. The molecule has 174 valence electrons. The van der Waals surface area contributed by atoms with Crippen LogP contribution in [0.4, 0.5) is 0 Å². The maximum Gasteiger partial charge on any atom is 0.221 e.